The van der Waals surface area contributed by atoms with Crippen LogP contribution in [0.5, 0.6) is 0 Å². The van der Waals surface area contributed by atoms with E-state index in [9.17, 15) is 4.79 Å². The molecule has 0 aromatic carbocycles. The van der Waals surface area contributed by atoms with E-state index in [0.717, 1.165) is 19.3 Å². The summed E-state index contributed by atoms with van der Waals surface area (Å²) in [7, 11) is -0.0716. The van der Waals surface area contributed by atoms with Crippen LogP contribution in [-0.2, 0) is 9.53 Å². The van der Waals surface area contributed by atoms with Gasteiger partial charge in [0.1, 0.15) is 5.41 Å². The summed E-state index contributed by atoms with van der Waals surface area (Å²) in [5, 5.41) is 1.30. The molecule has 1 unspecified atom stereocenters. The fourth-order valence-electron chi connectivity index (χ4n) is 2.71. The van der Waals surface area contributed by atoms with Gasteiger partial charge in [-0.05, 0) is 19.3 Å². The molecular formula is C15H24O2Si. The lowest BCUT2D eigenvalue weighted by Gasteiger charge is -2.38. The maximum atomic E-state index is 12.3. The van der Waals surface area contributed by atoms with E-state index in [4.69, 9.17) is 4.74 Å². The van der Waals surface area contributed by atoms with Crippen molar-refractivity contribution in [2.45, 2.75) is 38.9 Å². The largest absolute Gasteiger partial charge is 0.468 e. The fraction of sp³-hybridized carbons (Fsp3) is 0.533. The lowest BCUT2D eigenvalue weighted by molar-refractivity contribution is -0.148. The number of methoxy groups -OCH3 is 1. The summed E-state index contributed by atoms with van der Waals surface area (Å²) < 4.78 is 5.07. The third-order valence-corrected chi connectivity index (χ3v) is 5.71. The Hall–Kier alpha value is -1.09. The smallest absolute Gasteiger partial charge is 0.319 e. The average Bonchev–Trinajstić information content (AvgIpc) is 2.34. The molecular weight excluding hydrogens is 240 g/mol. The van der Waals surface area contributed by atoms with Crippen LogP contribution in [0, 0.1) is 5.41 Å². The quantitative estimate of drug-likeness (QED) is 0.428. The highest BCUT2D eigenvalue weighted by Crippen LogP contribution is 2.43. The number of carbonyl (C=O) groups is 1. The van der Waals surface area contributed by atoms with Gasteiger partial charge >= 0.3 is 5.97 Å². The highest BCUT2D eigenvalue weighted by molar-refractivity contribution is 6.83. The maximum Gasteiger partial charge on any atom is 0.319 e. The van der Waals surface area contributed by atoms with Crippen molar-refractivity contribution in [1.29, 1.82) is 0 Å². The Labute approximate surface area is 111 Å². The highest BCUT2D eigenvalue weighted by Gasteiger charge is 2.45. The minimum absolute atomic E-state index is 0.131. The van der Waals surface area contributed by atoms with Crippen molar-refractivity contribution in [1.82, 2.24) is 0 Å². The summed E-state index contributed by atoms with van der Waals surface area (Å²) in [5.74, 6) is -0.131. The second-order valence-electron chi connectivity index (χ2n) is 5.80. The molecule has 0 aromatic rings. The van der Waals surface area contributed by atoms with Crippen molar-refractivity contribution in [2.24, 2.45) is 5.41 Å². The Bertz CT molecular complexity index is 388. The van der Waals surface area contributed by atoms with E-state index in [1.54, 1.807) is 0 Å². The van der Waals surface area contributed by atoms with Gasteiger partial charge in [0, 0.05) is 0 Å². The molecule has 0 radical (unpaired) electrons. The Balaban J connectivity index is 3.24. The number of esters is 1. The molecule has 0 amide bonds. The number of hydrogen-bond donors (Lipinski definition) is 0. The van der Waals surface area contributed by atoms with Crippen molar-refractivity contribution < 1.29 is 9.53 Å². The van der Waals surface area contributed by atoms with Crippen LogP contribution in [0.1, 0.15) is 19.3 Å². The third kappa shape index (κ3) is 2.83. The number of carbonyl (C=O) groups excluding carboxylic acids is 1. The first kappa shape index (κ1) is 15.0. The fourth-order valence-corrected chi connectivity index (χ4v) is 5.09. The number of rotatable bonds is 5. The molecule has 1 aliphatic carbocycles. The molecule has 0 heterocycles. The van der Waals surface area contributed by atoms with Crippen molar-refractivity contribution in [2.75, 3.05) is 7.11 Å². The molecule has 1 aliphatic rings. The topological polar surface area (TPSA) is 26.3 Å². The monoisotopic (exact) mass is 264 g/mol. The van der Waals surface area contributed by atoms with Gasteiger partial charge in [0.2, 0.25) is 0 Å². The summed E-state index contributed by atoms with van der Waals surface area (Å²) in [6, 6.07) is 0. The molecule has 0 saturated carbocycles. The zero-order chi connectivity index (χ0) is 13.8. The van der Waals surface area contributed by atoms with Crippen molar-refractivity contribution >= 4 is 14.0 Å². The average molecular weight is 264 g/mol. The Kier molecular flexibility index (Phi) is 4.74. The van der Waals surface area contributed by atoms with Crippen molar-refractivity contribution in [3.05, 3.63) is 36.1 Å². The Morgan fingerprint density at radius 1 is 1.56 bits per heavy atom. The predicted molar refractivity (Wildman–Crippen MR) is 79.1 cm³/mol. The van der Waals surface area contributed by atoms with Gasteiger partial charge in [0.05, 0.1) is 15.2 Å². The molecule has 1 atom stereocenters. The molecule has 1 rings (SSSR count). The molecule has 0 saturated heterocycles. The zero-order valence-corrected chi connectivity index (χ0v) is 13.0. The molecule has 0 aliphatic heterocycles. The van der Waals surface area contributed by atoms with Crippen LogP contribution in [0.2, 0.25) is 19.6 Å². The summed E-state index contributed by atoms with van der Waals surface area (Å²) in [6.45, 7) is 10.6. The molecule has 0 bridgehead atoms. The molecule has 0 fully saturated rings. The number of ether oxygens (including phenoxy) is 1. The van der Waals surface area contributed by atoms with Crippen LogP contribution in [0.4, 0.5) is 0 Å². The Morgan fingerprint density at radius 2 is 2.22 bits per heavy atom. The van der Waals surface area contributed by atoms with Crippen LogP contribution in [-0.4, -0.2) is 21.2 Å². The molecule has 3 heteroatoms. The van der Waals surface area contributed by atoms with Crippen molar-refractivity contribution in [3.8, 4) is 0 Å². The molecule has 100 valence electrons. The molecule has 0 N–H and O–H groups in total. The van der Waals surface area contributed by atoms with Gasteiger partial charge in [-0.3, -0.25) is 4.79 Å². The highest BCUT2D eigenvalue weighted by atomic mass is 28.3. The van der Waals surface area contributed by atoms with E-state index in [0.29, 0.717) is 0 Å². The first-order valence-corrected chi connectivity index (χ1v) is 9.96. The second-order valence-corrected chi connectivity index (χ2v) is 10.8. The first-order valence-electron chi connectivity index (χ1n) is 6.46. The Morgan fingerprint density at radius 3 is 2.72 bits per heavy atom. The van der Waals surface area contributed by atoms with Gasteiger partial charge in [-0.15, -0.1) is 6.58 Å². The summed E-state index contributed by atoms with van der Waals surface area (Å²) in [5.41, 5.74) is -0.550. The zero-order valence-electron chi connectivity index (χ0n) is 12.0. The molecule has 2 nitrogen and oxygen atoms in total. The van der Waals surface area contributed by atoms with Crippen LogP contribution in [0.3, 0.4) is 0 Å². The van der Waals surface area contributed by atoms with E-state index in [2.05, 4.69) is 44.4 Å². The van der Waals surface area contributed by atoms with Crippen LogP contribution < -0.4 is 0 Å². The standard InChI is InChI=1S/C15H24O2Si/c1-6-7-11-15(14(16)17-2)12-9-8-10-13(15)18(3,4)5/h6,9-10,12H,1,7-8,11H2,2-5H3. The second kappa shape index (κ2) is 5.70. The van der Waals surface area contributed by atoms with Gasteiger partial charge in [-0.1, -0.05) is 49.1 Å². The van der Waals surface area contributed by atoms with E-state index < -0.39 is 13.5 Å². The van der Waals surface area contributed by atoms with Crippen LogP contribution >= 0.6 is 0 Å². The summed E-state index contributed by atoms with van der Waals surface area (Å²) in [6.07, 6.45) is 10.7. The van der Waals surface area contributed by atoms with Gasteiger partial charge in [-0.25, -0.2) is 0 Å². The van der Waals surface area contributed by atoms with Gasteiger partial charge < -0.3 is 4.74 Å². The third-order valence-electron chi connectivity index (χ3n) is 3.44. The lowest BCUT2D eigenvalue weighted by atomic mass is 9.79. The lowest BCUT2D eigenvalue weighted by Crippen LogP contribution is -2.43. The maximum absolute atomic E-state index is 12.3. The molecule has 0 spiro atoms. The number of allylic oxidation sites excluding steroid dienone is 3. The van der Waals surface area contributed by atoms with Crippen LogP contribution in [0.25, 0.3) is 0 Å². The summed E-state index contributed by atoms with van der Waals surface area (Å²) >= 11 is 0. The predicted octanol–water partition coefficient (Wildman–Crippen LogP) is 3.88. The van der Waals surface area contributed by atoms with E-state index in [1.165, 1.54) is 12.3 Å². The first-order chi connectivity index (χ1) is 8.38. The SMILES string of the molecule is C=CCCC1(C(=O)OC)C=CCC=C1[Si](C)(C)C. The van der Waals surface area contributed by atoms with Gasteiger partial charge in [0.25, 0.3) is 0 Å². The normalized spacial score (nSPS) is 23.4. The summed E-state index contributed by atoms with van der Waals surface area (Å²) in [4.78, 5) is 12.3. The van der Waals surface area contributed by atoms with Gasteiger partial charge in [-0.2, -0.15) is 0 Å². The number of hydrogen-bond acceptors (Lipinski definition) is 2. The van der Waals surface area contributed by atoms with Gasteiger partial charge in [0.15, 0.2) is 0 Å². The minimum atomic E-state index is -1.55. The van der Waals surface area contributed by atoms with Crippen LogP contribution in [0.15, 0.2) is 36.1 Å². The van der Waals surface area contributed by atoms with E-state index in [1.807, 2.05) is 6.08 Å². The molecule has 18 heavy (non-hydrogen) atoms. The van der Waals surface area contributed by atoms with Crippen molar-refractivity contribution in [3.63, 3.8) is 0 Å². The minimum Gasteiger partial charge on any atom is -0.468 e. The van der Waals surface area contributed by atoms with E-state index in [-0.39, 0.29) is 5.97 Å². The van der Waals surface area contributed by atoms with E-state index >= 15 is 0 Å². The molecule has 0 aromatic heterocycles.